The van der Waals surface area contributed by atoms with E-state index in [9.17, 15) is 18.0 Å². The zero-order valence-electron chi connectivity index (χ0n) is 5.86. The molecule has 0 saturated carbocycles. The van der Waals surface area contributed by atoms with Crippen molar-refractivity contribution in [2.24, 2.45) is 5.92 Å². The van der Waals surface area contributed by atoms with Crippen molar-refractivity contribution < 1.29 is 18.0 Å². The summed E-state index contributed by atoms with van der Waals surface area (Å²) in [6, 6.07) is 0. The Morgan fingerprint density at radius 3 is 2.00 bits per heavy atom. The van der Waals surface area contributed by atoms with Gasteiger partial charge < -0.3 is 0 Å². The van der Waals surface area contributed by atoms with Crippen LogP contribution in [0.1, 0.15) is 13.3 Å². The Balaban J connectivity index is 4.14. The van der Waals surface area contributed by atoms with Crippen LogP contribution in [0.2, 0.25) is 0 Å². The summed E-state index contributed by atoms with van der Waals surface area (Å²) in [5.41, 5.74) is 0. The normalized spacial score (nSPS) is 16.5. The molecule has 66 valence electrons. The first-order valence-corrected chi connectivity index (χ1v) is 3.50. The molecule has 0 saturated heterocycles. The third kappa shape index (κ3) is 3.10. The predicted molar refractivity (Wildman–Crippen MR) is 35.5 cm³/mol. The van der Waals surface area contributed by atoms with Gasteiger partial charge in [0.1, 0.15) is 0 Å². The summed E-state index contributed by atoms with van der Waals surface area (Å²) in [5.74, 6) is -1.38. The van der Waals surface area contributed by atoms with Gasteiger partial charge in [-0.25, -0.2) is 13.2 Å². The van der Waals surface area contributed by atoms with Gasteiger partial charge in [0, 0.05) is 0 Å². The van der Waals surface area contributed by atoms with Crippen molar-refractivity contribution in [3.63, 3.8) is 0 Å². The summed E-state index contributed by atoms with van der Waals surface area (Å²) < 4.78 is 35.7. The Bertz CT molecular complexity index is 140. The third-order valence-electron chi connectivity index (χ3n) is 1.36. The summed E-state index contributed by atoms with van der Waals surface area (Å²) in [7, 11) is 0. The van der Waals surface area contributed by atoms with E-state index < -0.39 is 23.8 Å². The topological polar surface area (TPSA) is 17.1 Å². The maximum Gasteiger partial charge on any atom is 0.270 e. The predicted octanol–water partition coefficient (Wildman–Crippen LogP) is 2.38. The molecule has 0 aliphatic rings. The molecule has 2 unspecified atom stereocenters. The lowest BCUT2D eigenvalue weighted by molar-refractivity contribution is -0.119. The summed E-state index contributed by atoms with van der Waals surface area (Å²) in [4.78, 5) is 10.3. The Morgan fingerprint density at radius 2 is 1.91 bits per heavy atom. The lowest BCUT2D eigenvalue weighted by atomic mass is 10.0. The molecule has 5 heteroatoms. The minimum atomic E-state index is -3.14. The van der Waals surface area contributed by atoms with Crippen molar-refractivity contribution >= 4 is 16.8 Å². The van der Waals surface area contributed by atoms with Crippen molar-refractivity contribution in [2.45, 2.75) is 25.9 Å². The highest BCUT2D eigenvalue weighted by Gasteiger charge is 2.32. The second kappa shape index (κ2) is 4.59. The van der Waals surface area contributed by atoms with Gasteiger partial charge in [-0.15, -0.1) is 0 Å². The maximum absolute atomic E-state index is 12.4. The fourth-order valence-corrected chi connectivity index (χ4v) is 0.961. The van der Waals surface area contributed by atoms with Crippen molar-refractivity contribution in [2.75, 3.05) is 0 Å². The lowest BCUT2D eigenvalue weighted by Gasteiger charge is -2.13. The van der Waals surface area contributed by atoms with Gasteiger partial charge in [-0.2, -0.15) is 0 Å². The van der Waals surface area contributed by atoms with Crippen molar-refractivity contribution in [3.8, 4) is 0 Å². The van der Waals surface area contributed by atoms with Crippen LogP contribution >= 0.6 is 11.6 Å². The first-order valence-electron chi connectivity index (χ1n) is 3.12. The molecular weight excluding hydrogens is 181 g/mol. The molecule has 0 bridgehead atoms. The summed E-state index contributed by atoms with van der Waals surface area (Å²) >= 11 is 4.87. The summed E-state index contributed by atoms with van der Waals surface area (Å²) in [6.07, 6.45) is -5.58. The lowest BCUT2D eigenvalue weighted by Crippen LogP contribution is -2.27. The Labute approximate surface area is 67.5 Å². The number of carbonyl (C=O) groups is 1. The second-order valence-corrected chi connectivity index (χ2v) is 2.47. The molecule has 0 aliphatic carbocycles. The first-order chi connectivity index (χ1) is 5.00. The molecule has 0 heterocycles. The number of rotatable bonds is 4. The van der Waals surface area contributed by atoms with E-state index in [1.807, 2.05) is 0 Å². The van der Waals surface area contributed by atoms with Crippen LogP contribution in [0.5, 0.6) is 0 Å². The minimum Gasteiger partial charge on any atom is -0.281 e. The molecule has 2 atom stereocenters. The summed E-state index contributed by atoms with van der Waals surface area (Å²) in [5, 5.41) is -1.04. The average molecular weight is 189 g/mol. The molecule has 11 heavy (non-hydrogen) atoms. The van der Waals surface area contributed by atoms with E-state index in [1.54, 1.807) is 0 Å². The van der Waals surface area contributed by atoms with E-state index in [2.05, 4.69) is 0 Å². The Morgan fingerprint density at radius 1 is 1.45 bits per heavy atom. The highest BCUT2D eigenvalue weighted by molar-refractivity contribution is 6.64. The Hall–Kier alpha value is -0.250. The van der Waals surface area contributed by atoms with Crippen molar-refractivity contribution in [1.29, 1.82) is 0 Å². The van der Waals surface area contributed by atoms with Crippen LogP contribution in [-0.4, -0.2) is 17.8 Å². The first kappa shape index (κ1) is 10.8. The molecule has 0 spiro atoms. The van der Waals surface area contributed by atoms with Crippen LogP contribution in [0.4, 0.5) is 13.2 Å². The standard InChI is InChI=1S/C6H8ClF3O/c1-2-3(5(7)11)4(8)6(9)10/h3-4,6H,2H2,1H3. The van der Waals surface area contributed by atoms with Crippen molar-refractivity contribution in [1.82, 2.24) is 0 Å². The molecule has 0 aliphatic heterocycles. The monoisotopic (exact) mass is 188 g/mol. The zero-order valence-corrected chi connectivity index (χ0v) is 6.62. The maximum atomic E-state index is 12.4. The van der Waals surface area contributed by atoms with Gasteiger partial charge in [-0.3, -0.25) is 4.79 Å². The van der Waals surface area contributed by atoms with Gasteiger partial charge in [0.15, 0.2) is 6.17 Å². The van der Waals surface area contributed by atoms with Gasteiger partial charge >= 0.3 is 0 Å². The minimum absolute atomic E-state index is 0.00611. The molecule has 0 radical (unpaired) electrons. The Kier molecular flexibility index (Phi) is 4.49. The highest BCUT2D eigenvalue weighted by Crippen LogP contribution is 2.21. The van der Waals surface area contributed by atoms with E-state index in [4.69, 9.17) is 11.6 Å². The molecule has 0 aromatic rings. The van der Waals surface area contributed by atoms with Gasteiger partial charge in [0.2, 0.25) is 5.24 Å². The second-order valence-electron chi connectivity index (χ2n) is 2.10. The number of alkyl halides is 3. The molecule has 1 nitrogen and oxygen atoms in total. The molecule has 0 aromatic carbocycles. The molecule has 0 rings (SSSR count). The fraction of sp³-hybridized carbons (Fsp3) is 0.833. The number of hydrogen-bond acceptors (Lipinski definition) is 1. The van der Waals surface area contributed by atoms with E-state index in [0.29, 0.717) is 0 Å². The number of carbonyl (C=O) groups excluding carboxylic acids is 1. The van der Waals surface area contributed by atoms with Crippen molar-refractivity contribution in [3.05, 3.63) is 0 Å². The molecule has 0 amide bonds. The van der Waals surface area contributed by atoms with Crippen LogP contribution in [0.15, 0.2) is 0 Å². The fourth-order valence-electron chi connectivity index (χ4n) is 0.686. The number of hydrogen-bond donors (Lipinski definition) is 0. The van der Waals surface area contributed by atoms with Crippen LogP contribution in [0.25, 0.3) is 0 Å². The smallest absolute Gasteiger partial charge is 0.270 e. The van der Waals surface area contributed by atoms with Gasteiger partial charge in [-0.05, 0) is 18.0 Å². The van der Waals surface area contributed by atoms with Crippen LogP contribution in [0.3, 0.4) is 0 Å². The molecule has 0 N–H and O–H groups in total. The molecular formula is C6H8ClF3O. The van der Waals surface area contributed by atoms with Crippen LogP contribution < -0.4 is 0 Å². The van der Waals surface area contributed by atoms with E-state index >= 15 is 0 Å². The SMILES string of the molecule is CCC(C(=O)Cl)C(F)C(F)F. The number of halogens is 4. The third-order valence-corrected chi connectivity index (χ3v) is 1.64. The largest absolute Gasteiger partial charge is 0.281 e. The zero-order chi connectivity index (χ0) is 9.02. The van der Waals surface area contributed by atoms with E-state index in [-0.39, 0.29) is 6.42 Å². The van der Waals surface area contributed by atoms with E-state index in [1.165, 1.54) is 6.92 Å². The van der Waals surface area contributed by atoms with E-state index in [0.717, 1.165) is 0 Å². The summed E-state index contributed by atoms with van der Waals surface area (Å²) in [6.45, 7) is 1.43. The van der Waals surface area contributed by atoms with Crippen LogP contribution in [0, 0.1) is 5.92 Å². The highest BCUT2D eigenvalue weighted by atomic mass is 35.5. The quantitative estimate of drug-likeness (QED) is 0.619. The molecule has 0 fully saturated rings. The molecule has 0 aromatic heterocycles. The average Bonchev–Trinajstić information content (AvgIpc) is 1.88. The van der Waals surface area contributed by atoms with Crippen LogP contribution in [-0.2, 0) is 4.79 Å². The van der Waals surface area contributed by atoms with Gasteiger partial charge in [0.25, 0.3) is 6.43 Å². The van der Waals surface area contributed by atoms with Gasteiger partial charge in [0.05, 0.1) is 5.92 Å². The van der Waals surface area contributed by atoms with Gasteiger partial charge in [-0.1, -0.05) is 6.92 Å².